The number of carboxylic acid groups (broad SMARTS) is 1. The van der Waals surface area contributed by atoms with Gasteiger partial charge >= 0.3 is 5.97 Å². The normalized spacial score (nSPS) is 19.3. The van der Waals surface area contributed by atoms with Gasteiger partial charge in [0.2, 0.25) is 5.91 Å². The van der Waals surface area contributed by atoms with Crippen molar-refractivity contribution in [2.24, 2.45) is 5.92 Å². The minimum atomic E-state index is -0.946. The molecule has 2 aromatic rings. The molecule has 19 heavy (non-hydrogen) atoms. The van der Waals surface area contributed by atoms with Gasteiger partial charge in [-0.25, -0.2) is 0 Å². The molecule has 1 aromatic heterocycles. The van der Waals surface area contributed by atoms with E-state index in [-0.39, 0.29) is 18.9 Å². The van der Waals surface area contributed by atoms with E-state index in [0.717, 1.165) is 15.4 Å². The minimum absolute atomic E-state index is 0.0280. The number of amides is 1. The van der Waals surface area contributed by atoms with Crippen molar-refractivity contribution in [3.8, 4) is 0 Å². The fourth-order valence-electron chi connectivity index (χ4n) is 2.26. The predicted molar refractivity (Wildman–Crippen MR) is 71.9 cm³/mol. The van der Waals surface area contributed by atoms with Gasteiger partial charge in [-0.05, 0) is 18.2 Å². The van der Waals surface area contributed by atoms with Crippen molar-refractivity contribution in [3.63, 3.8) is 0 Å². The molecule has 0 spiro atoms. The number of nitrogens with zero attached hydrogens (tertiary/aromatic N) is 2. The lowest BCUT2D eigenvalue weighted by molar-refractivity contribution is -0.141. The quantitative estimate of drug-likeness (QED) is 0.881. The first-order valence-electron chi connectivity index (χ1n) is 5.73. The van der Waals surface area contributed by atoms with Gasteiger partial charge < -0.3 is 5.11 Å². The Hall–Kier alpha value is -1.89. The largest absolute Gasteiger partial charge is 0.481 e. The van der Waals surface area contributed by atoms with Crippen molar-refractivity contribution in [3.05, 3.63) is 22.7 Å². The number of fused-ring (bicyclic) bond motifs is 1. The summed E-state index contributed by atoms with van der Waals surface area (Å²) in [6.07, 6.45) is 0.0280. The summed E-state index contributed by atoms with van der Waals surface area (Å²) in [7, 11) is 0. The summed E-state index contributed by atoms with van der Waals surface area (Å²) in [4.78, 5) is 24.3. The van der Waals surface area contributed by atoms with Gasteiger partial charge in [0.25, 0.3) is 0 Å². The minimum Gasteiger partial charge on any atom is -0.481 e. The molecule has 0 radical (unpaired) electrons. The SMILES string of the molecule is O=C(O)C1CC(=O)N(c2n[nH]c3cc(Br)ccc23)C1. The van der Waals surface area contributed by atoms with Gasteiger partial charge in [0.05, 0.1) is 11.4 Å². The molecular weight excluding hydrogens is 314 g/mol. The monoisotopic (exact) mass is 323 g/mol. The van der Waals surface area contributed by atoms with Crippen LogP contribution in [0, 0.1) is 5.92 Å². The van der Waals surface area contributed by atoms with Crippen molar-refractivity contribution in [2.45, 2.75) is 6.42 Å². The van der Waals surface area contributed by atoms with E-state index in [1.807, 2.05) is 18.2 Å². The molecule has 0 aliphatic carbocycles. The van der Waals surface area contributed by atoms with Crippen LogP contribution in [0.3, 0.4) is 0 Å². The number of carbonyl (C=O) groups is 2. The molecule has 3 rings (SSSR count). The van der Waals surface area contributed by atoms with Crippen molar-refractivity contribution in [1.82, 2.24) is 10.2 Å². The van der Waals surface area contributed by atoms with Crippen LogP contribution in [0.15, 0.2) is 22.7 Å². The second-order valence-electron chi connectivity index (χ2n) is 4.48. The predicted octanol–water partition coefficient (Wildman–Crippen LogP) is 1.76. The maximum Gasteiger partial charge on any atom is 0.308 e. The molecule has 0 bridgehead atoms. The average molecular weight is 324 g/mol. The Morgan fingerprint density at radius 2 is 2.32 bits per heavy atom. The number of carbonyl (C=O) groups excluding carboxylic acids is 1. The van der Waals surface area contributed by atoms with Crippen LogP contribution in [-0.4, -0.2) is 33.7 Å². The molecule has 1 aliphatic rings. The molecule has 1 aliphatic heterocycles. The summed E-state index contributed by atoms with van der Waals surface area (Å²) in [5.41, 5.74) is 0.802. The van der Waals surface area contributed by atoms with E-state index in [1.165, 1.54) is 4.90 Å². The molecule has 1 unspecified atom stereocenters. The highest BCUT2D eigenvalue weighted by atomic mass is 79.9. The van der Waals surface area contributed by atoms with Gasteiger partial charge in [-0.1, -0.05) is 15.9 Å². The number of nitrogens with one attached hydrogen (secondary N) is 1. The van der Waals surface area contributed by atoms with Crippen LogP contribution in [0.2, 0.25) is 0 Å². The second-order valence-corrected chi connectivity index (χ2v) is 5.40. The van der Waals surface area contributed by atoms with Crippen LogP contribution in [0.1, 0.15) is 6.42 Å². The highest BCUT2D eigenvalue weighted by molar-refractivity contribution is 9.10. The van der Waals surface area contributed by atoms with Crippen molar-refractivity contribution in [2.75, 3.05) is 11.4 Å². The van der Waals surface area contributed by atoms with E-state index < -0.39 is 11.9 Å². The average Bonchev–Trinajstić information content (AvgIpc) is 2.92. The lowest BCUT2D eigenvalue weighted by Crippen LogP contribution is -2.26. The molecular formula is C12H10BrN3O3. The van der Waals surface area contributed by atoms with E-state index in [4.69, 9.17) is 5.11 Å². The van der Waals surface area contributed by atoms with E-state index in [1.54, 1.807) is 0 Å². The summed E-state index contributed by atoms with van der Waals surface area (Å²) < 4.78 is 0.909. The molecule has 1 fully saturated rings. The Morgan fingerprint density at radius 1 is 1.53 bits per heavy atom. The van der Waals surface area contributed by atoms with Crippen LogP contribution >= 0.6 is 15.9 Å². The Labute approximate surface area is 116 Å². The summed E-state index contributed by atoms with van der Waals surface area (Å²) in [6, 6.07) is 5.57. The van der Waals surface area contributed by atoms with Crippen molar-refractivity contribution in [1.29, 1.82) is 0 Å². The smallest absolute Gasteiger partial charge is 0.308 e. The fourth-order valence-corrected chi connectivity index (χ4v) is 2.62. The second kappa shape index (κ2) is 4.34. The number of carboxylic acids is 1. The molecule has 2 heterocycles. The summed E-state index contributed by atoms with van der Waals surface area (Å²) in [5, 5.41) is 16.8. The zero-order chi connectivity index (χ0) is 13.6. The molecule has 2 N–H and O–H groups in total. The molecule has 1 aromatic carbocycles. The molecule has 1 atom stereocenters. The zero-order valence-electron chi connectivity index (χ0n) is 9.76. The molecule has 7 heteroatoms. The number of halogens is 1. The first kappa shape index (κ1) is 12.2. The topological polar surface area (TPSA) is 86.3 Å². The van der Waals surface area contributed by atoms with Crippen LogP contribution in [0.4, 0.5) is 5.82 Å². The molecule has 6 nitrogen and oxygen atoms in total. The number of anilines is 1. The maximum atomic E-state index is 11.9. The van der Waals surface area contributed by atoms with Crippen LogP contribution < -0.4 is 4.90 Å². The van der Waals surface area contributed by atoms with E-state index >= 15 is 0 Å². The third-order valence-corrected chi connectivity index (χ3v) is 3.73. The van der Waals surface area contributed by atoms with Gasteiger partial charge in [-0.3, -0.25) is 19.6 Å². The first-order chi connectivity index (χ1) is 9.06. The summed E-state index contributed by atoms with van der Waals surface area (Å²) in [6.45, 7) is 0.171. The van der Waals surface area contributed by atoms with E-state index in [9.17, 15) is 9.59 Å². The van der Waals surface area contributed by atoms with E-state index in [2.05, 4.69) is 26.1 Å². The Bertz CT molecular complexity index is 682. The molecule has 98 valence electrons. The van der Waals surface area contributed by atoms with Gasteiger partial charge in [-0.2, -0.15) is 5.10 Å². The number of benzene rings is 1. The molecule has 0 saturated carbocycles. The number of aromatic nitrogens is 2. The van der Waals surface area contributed by atoms with Crippen LogP contribution in [0.5, 0.6) is 0 Å². The number of H-pyrrole nitrogens is 1. The zero-order valence-corrected chi connectivity index (χ0v) is 11.3. The lowest BCUT2D eigenvalue weighted by atomic mass is 10.1. The molecule has 1 amide bonds. The third-order valence-electron chi connectivity index (χ3n) is 3.23. The Balaban J connectivity index is 2.01. The summed E-state index contributed by atoms with van der Waals surface area (Å²) >= 11 is 3.36. The van der Waals surface area contributed by atoms with E-state index in [0.29, 0.717) is 5.82 Å². The third kappa shape index (κ3) is 1.99. The standard InChI is InChI=1S/C12H10BrN3O3/c13-7-1-2-8-9(4-7)14-15-11(8)16-5-6(12(18)19)3-10(16)17/h1-2,4,6H,3,5H2,(H,14,15)(H,18,19). The number of hydrogen-bond donors (Lipinski definition) is 2. The van der Waals surface area contributed by atoms with Gasteiger partial charge in [0.1, 0.15) is 0 Å². The Kier molecular flexibility index (Phi) is 2.78. The van der Waals surface area contributed by atoms with Crippen molar-refractivity contribution >= 4 is 44.5 Å². The lowest BCUT2D eigenvalue weighted by Gasteiger charge is -2.12. The Morgan fingerprint density at radius 3 is 3.00 bits per heavy atom. The fraction of sp³-hybridized carbons (Fsp3) is 0.250. The van der Waals surface area contributed by atoms with Gasteiger partial charge in [0.15, 0.2) is 5.82 Å². The maximum absolute atomic E-state index is 11.9. The van der Waals surface area contributed by atoms with Gasteiger partial charge in [-0.15, -0.1) is 0 Å². The number of aliphatic carboxylic acids is 1. The highest BCUT2D eigenvalue weighted by Crippen LogP contribution is 2.30. The van der Waals surface area contributed by atoms with Crippen LogP contribution in [0.25, 0.3) is 10.9 Å². The first-order valence-corrected chi connectivity index (χ1v) is 6.52. The van der Waals surface area contributed by atoms with Gasteiger partial charge in [0, 0.05) is 22.8 Å². The molecule has 1 saturated heterocycles. The summed E-state index contributed by atoms with van der Waals surface area (Å²) in [5.74, 6) is -1.31. The van der Waals surface area contributed by atoms with Crippen LogP contribution in [-0.2, 0) is 9.59 Å². The highest BCUT2D eigenvalue weighted by Gasteiger charge is 2.36. The number of hydrogen-bond acceptors (Lipinski definition) is 3. The number of aromatic amines is 1. The number of rotatable bonds is 2. The van der Waals surface area contributed by atoms with Crippen molar-refractivity contribution < 1.29 is 14.7 Å².